The first-order valence-electron chi connectivity index (χ1n) is 5.11. The third-order valence-corrected chi connectivity index (χ3v) is 0.866. The zero-order chi connectivity index (χ0) is 12.0. The van der Waals surface area contributed by atoms with Crippen molar-refractivity contribution in [3.63, 3.8) is 0 Å². The molecule has 0 aliphatic carbocycles. The lowest BCUT2D eigenvalue weighted by Crippen LogP contribution is -2.74. The summed E-state index contributed by atoms with van der Waals surface area (Å²) in [7, 11) is 7.41. The summed E-state index contributed by atoms with van der Waals surface area (Å²) in [4.78, 5) is 0. The second kappa shape index (κ2) is 15.4. The Kier molecular flexibility index (Phi) is 21.3. The predicted molar refractivity (Wildman–Crippen MR) is 62.7 cm³/mol. The Morgan fingerprint density at radius 3 is 1.29 bits per heavy atom. The number of quaternary nitrogens is 1. The van der Waals surface area contributed by atoms with E-state index in [0.29, 0.717) is 5.41 Å². The first-order chi connectivity index (χ1) is 6.39. The molecule has 14 heavy (non-hydrogen) atoms. The summed E-state index contributed by atoms with van der Waals surface area (Å²) in [5, 5.41) is 2.00. The standard InChI is InChI=1S/C6H14O.C3H8O.C2H7N/c1-6(2,3)5-7-4;1-3-4-2;1-3-2/h5H2,1-4H3;3H2,1-2H3;3H,1-2H3/p+1. The van der Waals surface area contributed by atoms with E-state index in [1.165, 1.54) is 0 Å². The summed E-state index contributed by atoms with van der Waals surface area (Å²) in [6.07, 6.45) is 0. The number of hydrogen-bond donors (Lipinski definition) is 1. The van der Waals surface area contributed by atoms with Crippen LogP contribution in [0, 0.1) is 5.41 Å². The average molecular weight is 208 g/mol. The highest BCUT2D eigenvalue weighted by molar-refractivity contribution is 4.57. The van der Waals surface area contributed by atoms with Crippen LogP contribution in [0.2, 0.25) is 0 Å². The molecule has 0 unspecified atom stereocenters. The highest BCUT2D eigenvalue weighted by Crippen LogP contribution is 2.11. The van der Waals surface area contributed by atoms with Crippen LogP contribution in [0.4, 0.5) is 0 Å². The molecule has 0 spiro atoms. The van der Waals surface area contributed by atoms with E-state index in [1.807, 2.05) is 26.3 Å². The monoisotopic (exact) mass is 208 g/mol. The van der Waals surface area contributed by atoms with E-state index in [1.54, 1.807) is 14.2 Å². The summed E-state index contributed by atoms with van der Waals surface area (Å²) in [6.45, 7) is 10.1. The minimum atomic E-state index is 0.328. The van der Waals surface area contributed by atoms with Crippen molar-refractivity contribution in [3.05, 3.63) is 0 Å². The Labute approximate surface area is 90.2 Å². The topological polar surface area (TPSA) is 35.1 Å². The van der Waals surface area contributed by atoms with Crippen molar-refractivity contribution in [2.45, 2.75) is 27.7 Å². The van der Waals surface area contributed by atoms with E-state index in [-0.39, 0.29) is 0 Å². The Morgan fingerprint density at radius 1 is 1.00 bits per heavy atom. The molecule has 0 amide bonds. The molecule has 0 aromatic rings. The number of rotatable bonds is 2. The molecule has 0 bridgehead atoms. The fourth-order valence-corrected chi connectivity index (χ4v) is 0.433. The van der Waals surface area contributed by atoms with Crippen LogP contribution in [0.3, 0.4) is 0 Å². The number of methoxy groups -OCH3 is 2. The van der Waals surface area contributed by atoms with Crippen molar-refractivity contribution < 1.29 is 14.8 Å². The molecule has 90 valence electrons. The van der Waals surface area contributed by atoms with Crippen molar-refractivity contribution >= 4 is 0 Å². The molecule has 0 aromatic heterocycles. The third kappa shape index (κ3) is 59.1. The molecular formula is C11H30NO2+. The van der Waals surface area contributed by atoms with E-state index in [9.17, 15) is 0 Å². The van der Waals surface area contributed by atoms with Gasteiger partial charge in [0.05, 0.1) is 20.7 Å². The fraction of sp³-hybridized carbons (Fsp3) is 1.00. The quantitative estimate of drug-likeness (QED) is 0.738. The second-order valence-corrected chi connectivity index (χ2v) is 4.15. The van der Waals surface area contributed by atoms with Crippen LogP contribution in [0.5, 0.6) is 0 Å². The summed E-state index contributed by atoms with van der Waals surface area (Å²) >= 11 is 0. The average Bonchev–Trinajstić information content (AvgIpc) is 2.04. The lowest BCUT2D eigenvalue weighted by molar-refractivity contribution is -0.597. The Balaban J connectivity index is -0.000000147. The van der Waals surface area contributed by atoms with Gasteiger partial charge in [-0.3, -0.25) is 0 Å². The zero-order valence-corrected chi connectivity index (χ0v) is 11.3. The summed E-state index contributed by atoms with van der Waals surface area (Å²) in [6, 6.07) is 0. The molecule has 0 aliphatic heterocycles. The van der Waals surface area contributed by atoms with Crippen molar-refractivity contribution in [1.82, 2.24) is 0 Å². The molecule has 3 nitrogen and oxygen atoms in total. The van der Waals surface area contributed by atoms with Crippen LogP contribution in [0.15, 0.2) is 0 Å². The molecule has 3 heteroatoms. The first kappa shape index (κ1) is 19.5. The van der Waals surface area contributed by atoms with Crippen LogP contribution < -0.4 is 5.32 Å². The molecule has 0 aromatic carbocycles. The molecule has 0 saturated carbocycles. The van der Waals surface area contributed by atoms with Crippen LogP contribution in [-0.2, 0) is 9.47 Å². The fourth-order valence-electron chi connectivity index (χ4n) is 0.433. The van der Waals surface area contributed by atoms with Gasteiger partial charge in [-0.25, -0.2) is 0 Å². The molecule has 0 saturated heterocycles. The minimum Gasteiger partial charge on any atom is -0.385 e. The largest absolute Gasteiger partial charge is 0.385 e. The van der Waals surface area contributed by atoms with Gasteiger partial charge in [-0.2, -0.15) is 0 Å². The van der Waals surface area contributed by atoms with Crippen molar-refractivity contribution in [3.8, 4) is 0 Å². The minimum absolute atomic E-state index is 0.328. The SMILES string of the molecule is CCOC.COCC(C)(C)C.C[NH2+]C. The lowest BCUT2D eigenvalue weighted by atomic mass is 9.99. The normalized spacial score (nSPS) is 9.43. The lowest BCUT2D eigenvalue weighted by Gasteiger charge is -2.15. The molecule has 2 N–H and O–H groups in total. The summed E-state index contributed by atoms with van der Waals surface area (Å²) in [5.41, 5.74) is 0.328. The summed E-state index contributed by atoms with van der Waals surface area (Å²) in [5.74, 6) is 0. The molecule has 0 atom stereocenters. The van der Waals surface area contributed by atoms with Gasteiger partial charge < -0.3 is 14.8 Å². The molecule has 0 rings (SSSR count). The van der Waals surface area contributed by atoms with Crippen molar-refractivity contribution in [2.24, 2.45) is 5.41 Å². The molecule has 0 fully saturated rings. The van der Waals surface area contributed by atoms with Gasteiger partial charge in [0, 0.05) is 20.8 Å². The third-order valence-electron chi connectivity index (χ3n) is 0.866. The van der Waals surface area contributed by atoms with Crippen LogP contribution >= 0.6 is 0 Å². The van der Waals surface area contributed by atoms with Gasteiger partial charge in [-0.1, -0.05) is 20.8 Å². The second-order valence-electron chi connectivity index (χ2n) is 4.15. The van der Waals surface area contributed by atoms with E-state index in [2.05, 4.69) is 25.5 Å². The van der Waals surface area contributed by atoms with Crippen LogP contribution in [0.1, 0.15) is 27.7 Å². The van der Waals surface area contributed by atoms with E-state index in [0.717, 1.165) is 13.2 Å². The van der Waals surface area contributed by atoms with Gasteiger partial charge in [-0.05, 0) is 12.3 Å². The maximum absolute atomic E-state index is 4.91. The molecule has 0 heterocycles. The van der Waals surface area contributed by atoms with E-state index >= 15 is 0 Å². The van der Waals surface area contributed by atoms with Gasteiger partial charge in [0.25, 0.3) is 0 Å². The Hall–Kier alpha value is -0.120. The van der Waals surface area contributed by atoms with Gasteiger partial charge in [0.1, 0.15) is 0 Å². The smallest absolute Gasteiger partial charge is 0.0647 e. The highest BCUT2D eigenvalue weighted by atomic mass is 16.5. The summed E-state index contributed by atoms with van der Waals surface area (Å²) < 4.78 is 9.45. The number of hydrogen-bond acceptors (Lipinski definition) is 2. The van der Waals surface area contributed by atoms with Crippen LogP contribution in [-0.4, -0.2) is 41.5 Å². The highest BCUT2D eigenvalue weighted by Gasteiger charge is 2.07. The van der Waals surface area contributed by atoms with Gasteiger partial charge in [0.2, 0.25) is 0 Å². The van der Waals surface area contributed by atoms with Crippen molar-refractivity contribution in [2.75, 3.05) is 41.5 Å². The number of nitrogens with two attached hydrogens (primary N) is 1. The maximum Gasteiger partial charge on any atom is 0.0647 e. The van der Waals surface area contributed by atoms with Crippen LogP contribution in [0.25, 0.3) is 0 Å². The van der Waals surface area contributed by atoms with Gasteiger partial charge in [-0.15, -0.1) is 0 Å². The Bertz CT molecular complexity index is 77.8. The van der Waals surface area contributed by atoms with Gasteiger partial charge in [0.15, 0.2) is 0 Å². The molecule has 0 aliphatic rings. The molecular weight excluding hydrogens is 178 g/mol. The van der Waals surface area contributed by atoms with E-state index < -0.39 is 0 Å². The number of ether oxygens (including phenoxy) is 2. The molecule has 0 radical (unpaired) electrons. The predicted octanol–water partition coefficient (Wildman–Crippen LogP) is 1.14. The first-order valence-corrected chi connectivity index (χ1v) is 5.11. The van der Waals surface area contributed by atoms with Crippen molar-refractivity contribution in [1.29, 1.82) is 0 Å². The maximum atomic E-state index is 4.91. The zero-order valence-electron chi connectivity index (χ0n) is 11.3. The Morgan fingerprint density at radius 2 is 1.29 bits per heavy atom. The van der Waals surface area contributed by atoms with E-state index in [4.69, 9.17) is 4.74 Å². The van der Waals surface area contributed by atoms with Gasteiger partial charge >= 0.3 is 0 Å².